The van der Waals surface area contributed by atoms with E-state index in [2.05, 4.69) is 5.32 Å². The molecule has 0 unspecified atom stereocenters. The molecule has 1 N–H and O–H groups in total. The van der Waals surface area contributed by atoms with Crippen LogP contribution >= 0.6 is 11.8 Å². The molecule has 4 aromatic rings. The number of nitrogens with one attached hydrogen (secondary N) is 1. The summed E-state index contributed by atoms with van der Waals surface area (Å²) >= 11 is 1.45. The zero-order valence-corrected chi connectivity index (χ0v) is 17.4. The van der Waals surface area contributed by atoms with Gasteiger partial charge < -0.3 is 8.83 Å². The zero-order valence-electron chi connectivity index (χ0n) is 16.6. The van der Waals surface area contributed by atoms with Gasteiger partial charge in [0.2, 0.25) is 0 Å². The van der Waals surface area contributed by atoms with E-state index in [1.165, 1.54) is 24.1 Å². The quantitative estimate of drug-likeness (QED) is 0.350. The van der Waals surface area contributed by atoms with E-state index in [9.17, 15) is 14.4 Å². The summed E-state index contributed by atoms with van der Waals surface area (Å²) in [7, 11) is 0. The van der Waals surface area contributed by atoms with Crippen LogP contribution in [0.3, 0.4) is 0 Å². The SMILES string of the molecule is O=C1NC(=O)N(Cc2ccco2)C(=O)/C1=C/c1ccc(Sc2cccc3ccccc23)o1. The Kier molecular flexibility index (Phi) is 5.12. The lowest BCUT2D eigenvalue weighted by Crippen LogP contribution is -2.53. The third kappa shape index (κ3) is 3.83. The Balaban J connectivity index is 1.39. The Labute approximate surface area is 186 Å². The van der Waals surface area contributed by atoms with Gasteiger partial charge >= 0.3 is 6.03 Å². The summed E-state index contributed by atoms with van der Waals surface area (Å²) in [6.45, 7) is -0.0807. The molecule has 2 aromatic carbocycles. The molecule has 4 amide bonds. The van der Waals surface area contributed by atoms with Crippen LogP contribution in [-0.2, 0) is 16.1 Å². The van der Waals surface area contributed by atoms with E-state index >= 15 is 0 Å². The van der Waals surface area contributed by atoms with E-state index in [0.717, 1.165) is 20.6 Å². The fraction of sp³-hybridized carbons (Fsp3) is 0.0417. The number of benzene rings is 2. The van der Waals surface area contributed by atoms with Crippen molar-refractivity contribution >= 4 is 46.5 Å². The number of amides is 4. The van der Waals surface area contributed by atoms with E-state index in [-0.39, 0.29) is 12.1 Å². The third-order valence-electron chi connectivity index (χ3n) is 4.93. The molecule has 0 saturated carbocycles. The lowest BCUT2D eigenvalue weighted by molar-refractivity contribution is -0.130. The highest BCUT2D eigenvalue weighted by molar-refractivity contribution is 7.99. The van der Waals surface area contributed by atoms with Crippen molar-refractivity contribution in [2.24, 2.45) is 0 Å². The molecule has 1 fully saturated rings. The van der Waals surface area contributed by atoms with E-state index in [4.69, 9.17) is 8.83 Å². The predicted molar refractivity (Wildman–Crippen MR) is 118 cm³/mol. The Bertz CT molecular complexity index is 1360. The first kappa shape index (κ1) is 19.9. The molecule has 2 aromatic heterocycles. The van der Waals surface area contributed by atoms with Gasteiger partial charge in [-0.25, -0.2) is 4.79 Å². The fourth-order valence-corrected chi connectivity index (χ4v) is 4.33. The Morgan fingerprint density at radius 1 is 0.938 bits per heavy atom. The molecule has 0 spiro atoms. The minimum absolute atomic E-state index is 0.0807. The number of carbonyl (C=O) groups is 3. The van der Waals surface area contributed by atoms with E-state index in [0.29, 0.717) is 16.6 Å². The first-order valence-electron chi connectivity index (χ1n) is 9.75. The van der Waals surface area contributed by atoms with Crippen LogP contribution in [0.5, 0.6) is 0 Å². The van der Waals surface area contributed by atoms with Crippen LogP contribution in [0.2, 0.25) is 0 Å². The van der Waals surface area contributed by atoms with Crippen LogP contribution in [-0.4, -0.2) is 22.7 Å². The normalized spacial score (nSPS) is 15.6. The van der Waals surface area contributed by atoms with Gasteiger partial charge in [-0.2, -0.15) is 0 Å². The maximum atomic E-state index is 12.8. The number of imide groups is 2. The minimum atomic E-state index is -0.791. The highest BCUT2D eigenvalue weighted by Gasteiger charge is 2.36. The van der Waals surface area contributed by atoms with Crippen molar-refractivity contribution in [3.05, 3.63) is 90.1 Å². The number of nitrogens with zero attached hydrogens (tertiary/aromatic N) is 1. The first-order chi connectivity index (χ1) is 15.6. The molecule has 158 valence electrons. The molecule has 8 heteroatoms. The number of barbiturate groups is 1. The largest absolute Gasteiger partial charge is 0.467 e. The standard InChI is InChI=1S/C24H16N2O5S/c27-22-19(23(28)26(24(29)25-22)14-17-7-4-12-30-17)13-16-10-11-21(31-16)32-20-9-3-6-15-5-1-2-8-18(15)20/h1-13H,14H2,(H,25,27,29)/b19-13+. The highest BCUT2D eigenvalue weighted by atomic mass is 32.2. The van der Waals surface area contributed by atoms with Gasteiger partial charge in [-0.05, 0) is 47.2 Å². The van der Waals surface area contributed by atoms with Crippen LogP contribution in [0.1, 0.15) is 11.5 Å². The van der Waals surface area contributed by atoms with Gasteiger partial charge in [0, 0.05) is 4.90 Å². The van der Waals surface area contributed by atoms with Crippen LogP contribution in [0, 0.1) is 0 Å². The molecule has 1 saturated heterocycles. The second-order valence-corrected chi connectivity index (χ2v) is 8.07. The number of rotatable bonds is 5. The zero-order chi connectivity index (χ0) is 22.1. The number of furan rings is 2. The van der Waals surface area contributed by atoms with Gasteiger partial charge in [0.15, 0.2) is 5.09 Å². The van der Waals surface area contributed by atoms with Crippen molar-refractivity contribution in [1.82, 2.24) is 10.2 Å². The summed E-state index contributed by atoms with van der Waals surface area (Å²) in [6, 6.07) is 20.0. The molecule has 3 heterocycles. The topological polar surface area (TPSA) is 92.8 Å². The average molecular weight is 444 g/mol. The third-order valence-corrected chi connectivity index (χ3v) is 5.93. The minimum Gasteiger partial charge on any atom is -0.467 e. The van der Waals surface area contributed by atoms with E-state index in [1.54, 1.807) is 24.3 Å². The number of hydrogen-bond acceptors (Lipinski definition) is 6. The van der Waals surface area contributed by atoms with Crippen molar-refractivity contribution in [2.75, 3.05) is 0 Å². The summed E-state index contributed by atoms with van der Waals surface area (Å²) in [6.07, 6.45) is 2.79. The first-order valence-corrected chi connectivity index (χ1v) is 10.6. The molecule has 7 nitrogen and oxygen atoms in total. The number of hydrogen-bond donors (Lipinski definition) is 1. The molecule has 0 aliphatic carbocycles. The van der Waals surface area contributed by atoms with Crippen molar-refractivity contribution in [3.63, 3.8) is 0 Å². The Hall–Kier alpha value is -4.04. The van der Waals surface area contributed by atoms with Gasteiger partial charge in [0.1, 0.15) is 17.1 Å². The van der Waals surface area contributed by atoms with Crippen molar-refractivity contribution < 1.29 is 23.2 Å². The summed E-state index contributed by atoms with van der Waals surface area (Å²) < 4.78 is 11.0. The monoisotopic (exact) mass is 444 g/mol. The summed E-state index contributed by atoms with van der Waals surface area (Å²) in [5.41, 5.74) is -0.188. The van der Waals surface area contributed by atoms with E-state index < -0.39 is 17.8 Å². The van der Waals surface area contributed by atoms with Crippen LogP contribution < -0.4 is 5.32 Å². The van der Waals surface area contributed by atoms with Crippen LogP contribution in [0.15, 0.2) is 97.4 Å². The molecule has 1 aliphatic heterocycles. The van der Waals surface area contributed by atoms with Crippen LogP contribution in [0.25, 0.3) is 16.8 Å². The smallest absolute Gasteiger partial charge is 0.331 e. The van der Waals surface area contributed by atoms with Crippen molar-refractivity contribution in [3.8, 4) is 0 Å². The second kappa shape index (κ2) is 8.24. The molecule has 0 atom stereocenters. The lowest BCUT2D eigenvalue weighted by Gasteiger charge is -2.25. The molecular weight excluding hydrogens is 428 g/mol. The Morgan fingerprint density at radius 3 is 2.62 bits per heavy atom. The van der Waals surface area contributed by atoms with Crippen molar-refractivity contribution in [1.29, 1.82) is 0 Å². The van der Waals surface area contributed by atoms with Gasteiger partial charge in [-0.1, -0.05) is 48.2 Å². The van der Waals surface area contributed by atoms with Gasteiger partial charge in [0.25, 0.3) is 11.8 Å². The van der Waals surface area contributed by atoms with Gasteiger partial charge in [0.05, 0.1) is 12.8 Å². The maximum absolute atomic E-state index is 12.8. The molecule has 0 radical (unpaired) electrons. The second-order valence-electron chi connectivity index (χ2n) is 7.02. The maximum Gasteiger partial charge on any atom is 0.331 e. The average Bonchev–Trinajstić information content (AvgIpc) is 3.46. The number of urea groups is 1. The summed E-state index contributed by atoms with van der Waals surface area (Å²) in [5, 5.41) is 5.02. The molecule has 0 bridgehead atoms. The number of carbonyl (C=O) groups excluding carboxylic acids is 3. The predicted octanol–water partition coefficient (Wildman–Crippen LogP) is 4.84. The van der Waals surface area contributed by atoms with Crippen LogP contribution in [0.4, 0.5) is 4.79 Å². The van der Waals surface area contributed by atoms with Gasteiger partial charge in [-0.3, -0.25) is 19.8 Å². The molecule has 32 heavy (non-hydrogen) atoms. The highest BCUT2D eigenvalue weighted by Crippen LogP contribution is 2.34. The molecular formula is C24H16N2O5S. The molecule has 5 rings (SSSR count). The number of fused-ring (bicyclic) bond motifs is 1. The molecule has 1 aliphatic rings. The lowest BCUT2D eigenvalue weighted by atomic mass is 10.1. The van der Waals surface area contributed by atoms with Gasteiger partial charge in [-0.15, -0.1) is 0 Å². The summed E-state index contributed by atoms with van der Waals surface area (Å²) in [4.78, 5) is 39.2. The van der Waals surface area contributed by atoms with E-state index in [1.807, 2.05) is 42.5 Å². The summed E-state index contributed by atoms with van der Waals surface area (Å²) in [5.74, 6) is -0.724. The Morgan fingerprint density at radius 2 is 1.78 bits per heavy atom. The van der Waals surface area contributed by atoms with Crippen molar-refractivity contribution in [2.45, 2.75) is 16.5 Å². The fourth-order valence-electron chi connectivity index (χ4n) is 3.40.